The molecule has 0 N–H and O–H groups in total. The number of hydrogen-bond acceptors (Lipinski definition) is 0. The highest BCUT2D eigenvalue weighted by molar-refractivity contribution is 5.66. The normalized spacial score (nSPS) is 9.81. The SMILES string of the molecule is C#Cc1ccc(-c2cccc(C)c2)cc1C. The lowest BCUT2D eigenvalue weighted by Gasteiger charge is -2.05. The second-order valence-corrected chi connectivity index (χ2v) is 4.04. The molecule has 0 heterocycles. The quantitative estimate of drug-likeness (QED) is 0.620. The highest BCUT2D eigenvalue weighted by Gasteiger charge is 2.00. The fourth-order valence-corrected chi connectivity index (χ4v) is 1.83. The fourth-order valence-electron chi connectivity index (χ4n) is 1.83. The predicted octanol–water partition coefficient (Wildman–Crippen LogP) is 3.95. The molecular weight excluding hydrogens is 192 g/mol. The molecule has 0 atom stereocenters. The summed E-state index contributed by atoms with van der Waals surface area (Å²) in [6, 6.07) is 14.7. The van der Waals surface area contributed by atoms with E-state index in [4.69, 9.17) is 6.42 Å². The van der Waals surface area contributed by atoms with Gasteiger partial charge in [-0.05, 0) is 36.6 Å². The van der Waals surface area contributed by atoms with E-state index in [1.807, 2.05) is 6.07 Å². The van der Waals surface area contributed by atoms with Gasteiger partial charge in [0.2, 0.25) is 0 Å². The first-order valence-electron chi connectivity index (χ1n) is 5.35. The average molecular weight is 206 g/mol. The van der Waals surface area contributed by atoms with E-state index in [1.54, 1.807) is 0 Å². The molecule has 2 rings (SSSR count). The molecule has 0 saturated carbocycles. The van der Waals surface area contributed by atoms with Gasteiger partial charge in [0, 0.05) is 5.56 Å². The van der Waals surface area contributed by atoms with Crippen molar-refractivity contribution in [2.45, 2.75) is 13.8 Å². The maximum Gasteiger partial charge on any atom is 0.0272 e. The first kappa shape index (κ1) is 10.5. The van der Waals surface area contributed by atoms with Crippen molar-refractivity contribution in [2.24, 2.45) is 0 Å². The van der Waals surface area contributed by atoms with Crippen molar-refractivity contribution < 1.29 is 0 Å². The van der Waals surface area contributed by atoms with Crippen LogP contribution in [0.1, 0.15) is 16.7 Å². The van der Waals surface area contributed by atoms with Gasteiger partial charge in [0.1, 0.15) is 0 Å². The zero-order chi connectivity index (χ0) is 11.5. The molecule has 0 bridgehead atoms. The third-order valence-corrected chi connectivity index (χ3v) is 2.73. The maximum absolute atomic E-state index is 5.41. The van der Waals surface area contributed by atoms with Crippen LogP contribution in [0.5, 0.6) is 0 Å². The number of rotatable bonds is 1. The Balaban J connectivity index is 2.50. The fraction of sp³-hybridized carbons (Fsp3) is 0.125. The zero-order valence-corrected chi connectivity index (χ0v) is 9.62. The molecule has 78 valence electrons. The van der Waals surface area contributed by atoms with Gasteiger partial charge in [-0.15, -0.1) is 6.42 Å². The molecule has 0 aliphatic rings. The minimum absolute atomic E-state index is 0.969. The van der Waals surface area contributed by atoms with E-state index in [-0.39, 0.29) is 0 Å². The summed E-state index contributed by atoms with van der Waals surface area (Å²) in [4.78, 5) is 0. The molecule has 0 spiro atoms. The molecule has 0 radical (unpaired) electrons. The van der Waals surface area contributed by atoms with E-state index in [0.29, 0.717) is 0 Å². The van der Waals surface area contributed by atoms with Crippen LogP contribution in [0.15, 0.2) is 42.5 Å². The van der Waals surface area contributed by atoms with Crippen molar-refractivity contribution in [2.75, 3.05) is 0 Å². The van der Waals surface area contributed by atoms with E-state index >= 15 is 0 Å². The Morgan fingerprint density at radius 1 is 0.938 bits per heavy atom. The monoisotopic (exact) mass is 206 g/mol. The first-order chi connectivity index (χ1) is 7.70. The molecule has 0 fully saturated rings. The molecule has 0 unspecified atom stereocenters. The Bertz CT molecular complexity index is 556. The van der Waals surface area contributed by atoms with Gasteiger partial charge in [0.05, 0.1) is 0 Å². The van der Waals surface area contributed by atoms with Crippen LogP contribution < -0.4 is 0 Å². The molecule has 0 aromatic heterocycles. The van der Waals surface area contributed by atoms with Crippen LogP contribution >= 0.6 is 0 Å². The molecule has 16 heavy (non-hydrogen) atoms. The summed E-state index contributed by atoms with van der Waals surface area (Å²) < 4.78 is 0. The summed E-state index contributed by atoms with van der Waals surface area (Å²) in [7, 11) is 0. The van der Waals surface area contributed by atoms with E-state index < -0.39 is 0 Å². The van der Waals surface area contributed by atoms with Crippen LogP contribution in [-0.4, -0.2) is 0 Å². The van der Waals surface area contributed by atoms with Gasteiger partial charge in [-0.25, -0.2) is 0 Å². The Hall–Kier alpha value is -2.00. The lowest BCUT2D eigenvalue weighted by Crippen LogP contribution is -1.85. The summed E-state index contributed by atoms with van der Waals surface area (Å²) in [5.41, 5.74) is 5.86. The van der Waals surface area contributed by atoms with Crippen LogP contribution in [0, 0.1) is 26.2 Å². The third-order valence-electron chi connectivity index (χ3n) is 2.73. The molecule has 0 aliphatic heterocycles. The number of aryl methyl sites for hydroxylation is 2. The topological polar surface area (TPSA) is 0 Å². The molecule has 0 amide bonds. The summed E-state index contributed by atoms with van der Waals surface area (Å²) in [6.45, 7) is 4.15. The van der Waals surface area contributed by atoms with Crippen molar-refractivity contribution in [3.05, 3.63) is 59.2 Å². The van der Waals surface area contributed by atoms with Gasteiger partial charge in [-0.1, -0.05) is 47.9 Å². The maximum atomic E-state index is 5.41. The number of benzene rings is 2. The lowest BCUT2D eigenvalue weighted by atomic mass is 9.99. The van der Waals surface area contributed by atoms with Crippen LogP contribution in [0.25, 0.3) is 11.1 Å². The van der Waals surface area contributed by atoms with E-state index in [2.05, 4.69) is 56.2 Å². The molecular formula is C16H14. The molecule has 0 saturated heterocycles. The smallest absolute Gasteiger partial charge is 0.0272 e. The van der Waals surface area contributed by atoms with E-state index in [1.165, 1.54) is 16.7 Å². The van der Waals surface area contributed by atoms with Gasteiger partial charge in [-0.3, -0.25) is 0 Å². The first-order valence-corrected chi connectivity index (χ1v) is 5.35. The largest absolute Gasteiger partial charge is 0.115 e. The van der Waals surface area contributed by atoms with Gasteiger partial charge in [0.25, 0.3) is 0 Å². The Labute approximate surface area is 96.9 Å². The van der Waals surface area contributed by atoms with E-state index in [9.17, 15) is 0 Å². The Morgan fingerprint density at radius 2 is 1.69 bits per heavy atom. The number of terminal acetylenes is 1. The second-order valence-electron chi connectivity index (χ2n) is 4.04. The minimum atomic E-state index is 0.969. The molecule has 0 nitrogen and oxygen atoms in total. The highest BCUT2D eigenvalue weighted by atomic mass is 14.0. The van der Waals surface area contributed by atoms with E-state index in [0.717, 1.165) is 11.1 Å². The van der Waals surface area contributed by atoms with Crippen LogP contribution in [-0.2, 0) is 0 Å². The van der Waals surface area contributed by atoms with Crippen molar-refractivity contribution in [3.63, 3.8) is 0 Å². The van der Waals surface area contributed by atoms with Crippen LogP contribution in [0.4, 0.5) is 0 Å². The molecule has 0 aliphatic carbocycles. The third kappa shape index (κ3) is 1.99. The van der Waals surface area contributed by atoms with Gasteiger partial charge in [-0.2, -0.15) is 0 Å². The summed E-state index contributed by atoms with van der Waals surface area (Å²) >= 11 is 0. The average Bonchev–Trinajstić information content (AvgIpc) is 2.29. The van der Waals surface area contributed by atoms with Crippen LogP contribution in [0.2, 0.25) is 0 Å². The number of hydrogen-bond donors (Lipinski definition) is 0. The van der Waals surface area contributed by atoms with Crippen molar-refractivity contribution in [1.29, 1.82) is 0 Å². The molecule has 2 aromatic rings. The highest BCUT2D eigenvalue weighted by Crippen LogP contribution is 2.22. The lowest BCUT2D eigenvalue weighted by molar-refractivity contribution is 1.42. The zero-order valence-electron chi connectivity index (χ0n) is 9.62. The van der Waals surface area contributed by atoms with Gasteiger partial charge >= 0.3 is 0 Å². The second kappa shape index (κ2) is 4.24. The summed E-state index contributed by atoms with van der Waals surface area (Å²) in [5.74, 6) is 2.69. The Kier molecular flexibility index (Phi) is 2.79. The molecule has 2 aromatic carbocycles. The van der Waals surface area contributed by atoms with Gasteiger partial charge in [0.15, 0.2) is 0 Å². The van der Waals surface area contributed by atoms with Crippen molar-refractivity contribution in [1.82, 2.24) is 0 Å². The van der Waals surface area contributed by atoms with Crippen molar-refractivity contribution in [3.8, 4) is 23.5 Å². The Morgan fingerprint density at radius 3 is 2.31 bits per heavy atom. The van der Waals surface area contributed by atoms with Crippen LogP contribution in [0.3, 0.4) is 0 Å². The summed E-state index contributed by atoms with van der Waals surface area (Å²) in [5, 5.41) is 0. The summed E-state index contributed by atoms with van der Waals surface area (Å²) in [6.07, 6.45) is 5.41. The van der Waals surface area contributed by atoms with Crippen molar-refractivity contribution >= 4 is 0 Å². The van der Waals surface area contributed by atoms with Gasteiger partial charge < -0.3 is 0 Å². The standard InChI is InChI=1S/C16H14/c1-4-14-8-9-16(11-13(14)3)15-7-5-6-12(2)10-15/h1,5-11H,2-3H3. The predicted molar refractivity (Wildman–Crippen MR) is 69.3 cm³/mol. The molecule has 0 heteroatoms. The minimum Gasteiger partial charge on any atom is -0.115 e.